The van der Waals surface area contributed by atoms with Crippen LogP contribution in [0.3, 0.4) is 0 Å². The van der Waals surface area contributed by atoms with Gasteiger partial charge >= 0.3 is 11.9 Å². The zero-order chi connectivity index (χ0) is 10.7. The SMILES string of the molecule is N#Cc1cccc(C(=O)O)c1C(=O)O.[Si]. The molecular weight excluding hydrogens is 214 g/mol. The second-order valence-electron chi connectivity index (χ2n) is 2.45. The van der Waals surface area contributed by atoms with Gasteiger partial charge in [0.1, 0.15) is 6.07 Å². The van der Waals surface area contributed by atoms with Gasteiger partial charge in [-0.25, -0.2) is 9.59 Å². The number of carboxylic acids is 2. The summed E-state index contributed by atoms with van der Waals surface area (Å²) in [5, 5.41) is 25.9. The third-order valence-corrected chi connectivity index (χ3v) is 1.63. The van der Waals surface area contributed by atoms with E-state index in [1.54, 1.807) is 6.07 Å². The number of benzene rings is 1. The van der Waals surface area contributed by atoms with Crippen LogP contribution in [0.1, 0.15) is 26.3 Å². The molecule has 2 N–H and O–H groups in total. The van der Waals surface area contributed by atoms with E-state index in [2.05, 4.69) is 0 Å². The van der Waals surface area contributed by atoms with Crippen molar-refractivity contribution in [1.82, 2.24) is 0 Å². The maximum absolute atomic E-state index is 10.7. The molecule has 0 spiro atoms. The lowest BCUT2D eigenvalue weighted by Gasteiger charge is -2.01. The molecule has 0 aromatic heterocycles. The quantitative estimate of drug-likeness (QED) is 0.708. The number of nitriles is 1. The van der Waals surface area contributed by atoms with E-state index in [0.717, 1.165) is 6.07 Å². The Bertz CT molecular complexity index is 450. The Kier molecular flexibility index (Phi) is 4.23. The topological polar surface area (TPSA) is 98.4 Å². The molecule has 1 aromatic rings. The van der Waals surface area contributed by atoms with Crippen molar-refractivity contribution in [3.63, 3.8) is 0 Å². The Morgan fingerprint density at radius 1 is 1.20 bits per heavy atom. The van der Waals surface area contributed by atoms with Crippen LogP contribution in [0.4, 0.5) is 0 Å². The smallest absolute Gasteiger partial charge is 0.337 e. The first kappa shape index (κ1) is 12.9. The van der Waals surface area contributed by atoms with E-state index in [4.69, 9.17) is 15.5 Å². The number of nitrogens with zero attached hydrogens (tertiary/aromatic N) is 1. The van der Waals surface area contributed by atoms with Gasteiger partial charge in [-0.1, -0.05) is 6.07 Å². The van der Waals surface area contributed by atoms with Gasteiger partial charge in [-0.3, -0.25) is 0 Å². The van der Waals surface area contributed by atoms with Gasteiger partial charge in [0.25, 0.3) is 0 Å². The molecule has 0 heterocycles. The van der Waals surface area contributed by atoms with Crippen molar-refractivity contribution in [3.8, 4) is 6.07 Å². The van der Waals surface area contributed by atoms with E-state index in [1.165, 1.54) is 12.1 Å². The number of rotatable bonds is 2. The highest BCUT2D eigenvalue weighted by molar-refractivity contribution is 6.03. The van der Waals surface area contributed by atoms with Crippen LogP contribution in [0.2, 0.25) is 0 Å². The summed E-state index contributed by atoms with van der Waals surface area (Å²) in [5.74, 6) is -2.78. The molecule has 0 saturated heterocycles. The fourth-order valence-electron chi connectivity index (χ4n) is 1.05. The molecule has 0 amide bonds. The first-order chi connectivity index (χ1) is 6.57. The molecule has 15 heavy (non-hydrogen) atoms. The minimum absolute atomic E-state index is 0. The van der Waals surface area contributed by atoms with Gasteiger partial charge in [0.15, 0.2) is 0 Å². The van der Waals surface area contributed by atoms with Crippen LogP contribution in [-0.4, -0.2) is 33.1 Å². The molecule has 0 fully saturated rings. The predicted molar refractivity (Wildman–Crippen MR) is 50.8 cm³/mol. The average molecular weight is 219 g/mol. The summed E-state index contributed by atoms with van der Waals surface area (Å²) in [6, 6.07) is 5.36. The number of carboxylic acid groups (broad SMARTS) is 2. The first-order valence-corrected chi connectivity index (χ1v) is 3.57. The van der Waals surface area contributed by atoms with Crippen molar-refractivity contribution in [3.05, 3.63) is 34.9 Å². The second-order valence-corrected chi connectivity index (χ2v) is 2.45. The van der Waals surface area contributed by atoms with Crippen molar-refractivity contribution in [2.75, 3.05) is 0 Å². The minimum atomic E-state index is -1.42. The molecule has 0 bridgehead atoms. The van der Waals surface area contributed by atoms with Crippen molar-refractivity contribution in [2.24, 2.45) is 0 Å². The molecule has 0 saturated carbocycles. The number of aromatic carboxylic acids is 2. The van der Waals surface area contributed by atoms with Gasteiger partial charge < -0.3 is 10.2 Å². The van der Waals surface area contributed by atoms with E-state index >= 15 is 0 Å². The highest BCUT2D eigenvalue weighted by Crippen LogP contribution is 2.14. The molecule has 0 aliphatic heterocycles. The summed E-state index contributed by atoms with van der Waals surface area (Å²) in [5.41, 5.74) is -1.00. The highest BCUT2D eigenvalue weighted by Gasteiger charge is 2.19. The molecule has 0 aliphatic rings. The number of carbonyl (C=O) groups is 2. The molecule has 0 atom stereocenters. The molecule has 1 rings (SSSR count). The van der Waals surface area contributed by atoms with Crippen molar-refractivity contribution >= 4 is 22.9 Å². The van der Waals surface area contributed by atoms with Gasteiger partial charge in [-0.15, -0.1) is 0 Å². The summed E-state index contributed by atoms with van der Waals surface area (Å²) < 4.78 is 0. The average Bonchev–Trinajstić information content (AvgIpc) is 2.16. The Hall–Kier alpha value is -2.13. The number of hydrogen-bond donors (Lipinski definition) is 2. The van der Waals surface area contributed by atoms with E-state index in [-0.39, 0.29) is 22.1 Å². The van der Waals surface area contributed by atoms with Crippen LogP contribution in [0.25, 0.3) is 0 Å². The fraction of sp³-hybridized carbons (Fsp3) is 0. The zero-order valence-electron chi connectivity index (χ0n) is 7.39. The van der Waals surface area contributed by atoms with Crippen molar-refractivity contribution in [1.29, 1.82) is 5.26 Å². The van der Waals surface area contributed by atoms with Gasteiger partial charge in [-0.05, 0) is 12.1 Å². The number of hydrogen-bond acceptors (Lipinski definition) is 3. The zero-order valence-corrected chi connectivity index (χ0v) is 8.39. The van der Waals surface area contributed by atoms with Crippen LogP contribution < -0.4 is 0 Å². The summed E-state index contributed by atoms with van der Waals surface area (Å²) in [6.45, 7) is 0. The van der Waals surface area contributed by atoms with Gasteiger partial charge in [0.2, 0.25) is 0 Å². The normalized spacial score (nSPS) is 8.47. The molecule has 6 heteroatoms. The Morgan fingerprint density at radius 2 is 1.80 bits per heavy atom. The third kappa shape index (κ3) is 2.42. The van der Waals surface area contributed by atoms with E-state index in [0.29, 0.717) is 0 Å². The predicted octanol–water partition coefficient (Wildman–Crippen LogP) is 0.574. The monoisotopic (exact) mass is 219 g/mol. The fourth-order valence-corrected chi connectivity index (χ4v) is 1.05. The van der Waals surface area contributed by atoms with E-state index in [1.807, 2.05) is 0 Å². The third-order valence-electron chi connectivity index (χ3n) is 1.63. The van der Waals surface area contributed by atoms with Crippen LogP contribution in [0.5, 0.6) is 0 Å². The molecule has 1 aromatic carbocycles. The van der Waals surface area contributed by atoms with Crippen molar-refractivity contribution in [2.45, 2.75) is 0 Å². The lowest BCUT2D eigenvalue weighted by molar-refractivity contribution is 0.0651. The maximum Gasteiger partial charge on any atom is 0.337 e. The lowest BCUT2D eigenvalue weighted by Crippen LogP contribution is -2.10. The summed E-state index contributed by atoms with van der Waals surface area (Å²) in [6.07, 6.45) is 0. The molecular formula is C9H5NO4Si. The summed E-state index contributed by atoms with van der Waals surface area (Å²) in [7, 11) is 0. The van der Waals surface area contributed by atoms with Crippen LogP contribution >= 0.6 is 0 Å². The van der Waals surface area contributed by atoms with Crippen LogP contribution in [0.15, 0.2) is 18.2 Å². The standard InChI is InChI=1S/C9H5NO4.Si/c10-4-5-2-1-3-6(8(11)12)7(5)9(13)14;/h1-3H,(H,11,12)(H,13,14);. The largest absolute Gasteiger partial charge is 0.478 e. The van der Waals surface area contributed by atoms with E-state index < -0.39 is 17.5 Å². The Balaban J connectivity index is 0.00000196. The molecule has 0 unspecified atom stereocenters. The summed E-state index contributed by atoms with van der Waals surface area (Å²) in [4.78, 5) is 21.3. The first-order valence-electron chi connectivity index (χ1n) is 3.57. The highest BCUT2D eigenvalue weighted by atomic mass is 28.1. The molecule has 74 valence electrons. The Morgan fingerprint density at radius 3 is 2.20 bits per heavy atom. The maximum atomic E-state index is 10.7. The van der Waals surface area contributed by atoms with Crippen LogP contribution in [0, 0.1) is 11.3 Å². The Labute approximate surface area is 89.6 Å². The van der Waals surface area contributed by atoms with Crippen LogP contribution in [-0.2, 0) is 0 Å². The van der Waals surface area contributed by atoms with Gasteiger partial charge in [-0.2, -0.15) is 5.26 Å². The second kappa shape index (κ2) is 4.93. The van der Waals surface area contributed by atoms with Crippen molar-refractivity contribution < 1.29 is 19.8 Å². The van der Waals surface area contributed by atoms with Gasteiger partial charge in [0, 0.05) is 11.0 Å². The summed E-state index contributed by atoms with van der Waals surface area (Å²) >= 11 is 0. The molecule has 0 aliphatic carbocycles. The van der Waals surface area contributed by atoms with E-state index in [9.17, 15) is 9.59 Å². The van der Waals surface area contributed by atoms with Gasteiger partial charge in [0.05, 0.1) is 16.7 Å². The molecule has 5 nitrogen and oxygen atoms in total. The minimum Gasteiger partial charge on any atom is -0.478 e. The lowest BCUT2D eigenvalue weighted by atomic mass is 10.0. The molecule has 4 radical (unpaired) electrons.